The van der Waals surface area contributed by atoms with E-state index >= 15 is 0 Å². The molecule has 1 saturated carbocycles. The summed E-state index contributed by atoms with van der Waals surface area (Å²) in [6.45, 7) is 2.30. The second-order valence-electron chi connectivity index (χ2n) is 7.78. The molecule has 24 heavy (non-hydrogen) atoms. The molecule has 0 amide bonds. The summed E-state index contributed by atoms with van der Waals surface area (Å²) >= 11 is 0. The number of esters is 2. The van der Waals surface area contributed by atoms with Crippen molar-refractivity contribution in [2.45, 2.75) is 44.2 Å². The highest BCUT2D eigenvalue weighted by molar-refractivity contribution is 5.74. The van der Waals surface area contributed by atoms with E-state index in [0.717, 1.165) is 12.8 Å². The van der Waals surface area contributed by atoms with Crippen LogP contribution in [0.3, 0.4) is 0 Å². The van der Waals surface area contributed by atoms with Crippen LogP contribution >= 0.6 is 0 Å². The molecule has 5 aliphatic rings. The smallest absolute Gasteiger partial charge is 0.310 e. The predicted octanol–water partition coefficient (Wildman–Crippen LogP) is 1.09. The third kappa shape index (κ3) is 2.09. The average molecular weight is 334 g/mol. The molecule has 6 heteroatoms. The van der Waals surface area contributed by atoms with Crippen LogP contribution < -0.4 is 0 Å². The monoisotopic (exact) mass is 334 g/mol. The highest BCUT2D eigenvalue weighted by Gasteiger charge is 2.66. The summed E-state index contributed by atoms with van der Waals surface area (Å²) in [5, 5.41) is 0. The molecule has 5 rings (SSSR count). The van der Waals surface area contributed by atoms with Gasteiger partial charge in [-0.2, -0.15) is 0 Å². The quantitative estimate of drug-likeness (QED) is 0.566. The van der Waals surface area contributed by atoms with E-state index in [2.05, 4.69) is 12.2 Å². The fraction of sp³-hybridized carbons (Fsp3) is 0.778. The lowest BCUT2D eigenvalue weighted by Gasteiger charge is -2.30. The summed E-state index contributed by atoms with van der Waals surface area (Å²) in [6.07, 6.45) is 5.56. The molecule has 0 N–H and O–H groups in total. The number of allylic oxidation sites excluding steroid dienone is 2. The van der Waals surface area contributed by atoms with Crippen molar-refractivity contribution in [1.82, 2.24) is 0 Å². The molecule has 0 aromatic heterocycles. The van der Waals surface area contributed by atoms with Crippen molar-refractivity contribution in [3.05, 3.63) is 12.2 Å². The van der Waals surface area contributed by atoms with E-state index in [1.165, 1.54) is 6.92 Å². The van der Waals surface area contributed by atoms with Crippen LogP contribution in [0.2, 0.25) is 0 Å². The van der Waals surface area contributed by atoms with Crippen LogP contribution in [0, 0.1) is 29.6 Å². The van der Waals surface area contributed by atoms with Crippen LogP contribution in [0.25, 0.3) is 0 Å². The molecule has 130 valence electrons. The molecule has 3 aliphatic heterocycles. The Morgan fingerprint density at radius 3 is 2.75 bits per heavy atom. The molecular weight excluding hydrogens is 312 g/mol. The van der Waals surface area contributed by atoms with Gasteiger partial charge in [-0.05, 0) is 24.7 Å². The molecule has 0 radical (unpaired) electrons. The number of ether oxygens (including phenoxy) is 4. The average Bonchev–Trinajstić information content (AvgIpc) is 3.30. The van der Waals surface area contributed by atoms with Crippen molar-refractivity contribution in [2.75, 3.05) is 13.2 Å². The normalized spacial score (nSPS) is 49.8. The molecule has 9 unspecified atom stereocenters. The number of carbonyl (C=O) groups is 2. The zero-order valence-corrected chi connectivity index (χ0v) is 13.6. The van der Waals surface area contributed by atoms with Gasteiger partial charge in [0.1, 0.15) is 12.2 Å². The van der Waals surface area contributed by atoms with Crippen LogP contribution in [0.1, 0.15) is 19.8 Å². The predicted molar refractivity (Wildman–Crippen MR) is 80.7 cm³/mol. The van der Waals surface area contributed by atoms with Gasteiger partial charge in [-0.15, -0.1) is 0 Å². The van der Waals surface area contributed by atoms with Crippen molar-refractivity contribution >= 4 is 11.9 Å². The van der Waals surface area contributed by atoms with Crippen LogP contribution in [0.15, 0.2) is 12.2 Å². The molecule has 3 saturated heterocycles. The first kappa shape index (κ1) is 14.9. The van der Waals surface area contributed by atoms with Gasteiger partial charge in [0.2, 0.25) is 0 Å². The van der Waals surface area contributed by atoms with E-state index in [1.807, 2.05) is 0 Å². The third-order valence-corrected chi connectivity index (χ3v) is 6.47. The Morgan fingerprint density at radius 1 is 1.17 bits per heavy atom. The van der Waals surface area contributed by atoms with Gasteiger partial charge in [-0.3, -0.25) is 9.59 Å². The number of rotatable bonds is 4. The Bertz CT molecular complexity index is 600. The van der Waals surface area contributed by atoms with Crippen LogP contribution in [-0.4, -0.2) is 49.6 Å². The molecular formula is C18H22O6. The van der Waals surface area contributed by atoms with Crippen LogP contribution in [0.5, 0.6) is 0 Å². The first-order chi connectivity index (χ1) is 11.6. The van der Waals surface area contributed by atoms with Crippen molar-refractivity contribution in [3.8, 4) is 0 Å². The van der Waals surface area contributed by atoms with Gasteiger partial charge in [-0.1, -0.05) is 12.2 Å². The van der Waals surface area contributed by atoms with Crippen LogP contribution in [-0.2, 0) is 28.5 Å². The maximum atomic E-state index is 12.7. The van der Waals surface area contributed by atoms with E-state index in [4.69, 9.17) is 18.9 Å². The lowest BCUT2D eigenvalue weighted by Crippen LogP contribution is -2.47. The minimum absolute atomic E-state index is 0.0248. The fourth-order valence-electron chi connectivity index (χ4n) is 5.36. The topological polar surface area (TPSA) is 71.1 Å². The maximum Gasteiger partial charge on any atom is 0.310 e. The Balaban J connectivity index is 1.29. The van der Waals surface area contributed by atoms with Gasteiger partial charge in [0.25, 0.3) is 0 Å². The summed E-state index contributed by atoms with van der Waals surface area (Å²) < 4.78 is 23.0. The van der Waals surface area contributed by atoms with E-state index < -0.39 is 0 Å². The third-order valence-electron chi connectivity index (χ3n) is 6.47. The van der Waals surface area contributed by atoms with Gasteiger partial charge in [0.15, 0.2) is 6.10 Å². The lowest BCUT2D eigenvalue weighted by molar-refractivity contribution is -0.164. The number of carbonyl (C=O) groups excluding carboxylic acids is 2. The van der Waals surface area contributed by atoms with Crippen molar-refractivity contribution in [1.29, 1.82) is 0 Å². The van der Waals surface area contributed by atoms with Crippen LogP contribution in [0.4, 0.5) is 0 Å². The SMILES string of the molecule is CC(=O)OCC1C2COC3C2OC1C3OC(=O)C1CC2C=CC1C2. The molecule has 3 heterocycles. The van der Waals surface area contributed by atoms with Gasteiger partial charge in [0, 0.05) is 18.8 Å². The van der Waals surface area contributed by atoms with E-state index in [9.17, 15) is 9.59 Å². The first-order valence-corrected chi connectivity index (χ1v) is 8.91. The van der Waals surface area contributed by atoms with Crippen molar-refractivity contribution in [3.63, 3.8) is 0 Å². The zero-order chi connectivity index (χ0) is 16.4. The molecule has 9 atom stereocenters. The van der Waals surface area contributed by atoms with Crippen molar-refractivity contribution < 1.29 is 28.5 Å². The van der Waals surface area contributed by atoms with Gasteiger partial charge in [0.05, 0.1) is 25.2 Å². The van der Waals surface area contributed by atoms with Gasteiger partial charge >= 0.3 is 11.9 Å². The number of fused-ring (bicyclic) bond motifs is 3. The van der Waals surface area contributed by atoms with Gasteiger partial charge < -0.3 is 18.9 Å². The summed E-state index contributed by atoms with van der Waals surface area (Å²) in [5.41, 5.74) is 0. The molecule has 6 nitrogen and oxygen atoms in total. The maximum absolute atomic E-state index is 12.7. The number of hydrogen-bond acceptors (Lipinski definition) is 6. The Labute approximate surface area is 140 Å². The molecule has 2 aliphatic carbocycles. The highest BCUT2D eigenvalue weighted by atomic mass is 16.6. The Kier molecular flexibility index (Phi) is 3.29. The Hall–Kier alpha value is -1.40. The largest absolute Gasteiger partial charge is 0.465 e. The highest BCUT2D eigenvalue weighted by Crippen LogP contribution is 2.51. The summed E-state index contributed by atoms with van der Waals surface area (Å²) in [6, 6.07) is 0. The van der Waals surface area contributed by atoms with Gasteiger partial charge in [-0.25, -0.2) is 0 Å². The Morgan fingerprint density at radius 2 is 2.04 bits per heavy atom. The van der Waals surface area contributed by atoms with E-state index in [-0.39, 0.29) is 54.1 Å². The van der Waals surface area contributed by atoms with Crippen molar-refractivity contribution in [2.24, 2.45) is 29.6 Å². The molecule has 0 aromatic rings. The van der Waals surface area contributed by atoms with E-state index in [0.29, 0.717) is 25.0 Å². The molecule has 0 aromatic carbocycles. The molecule has 0 spiro atoms. The molecule has 4 bridgehead atoms. The first-order valence-electron chi connectivity index (χ1n) is 8.91. The second-order valence-corrected chi connectivity index (χ2v) is 7.78. The summed E-state index contributed by atoms with van der Waals surface area (Å²) in [5.74, 6) is 0.712. The lowest BCUT2D eigenvalue weighted by atomic mass is 9.79. The summed E-state index contributed by atoms with van der Waals surface area (Å²) in [4.78, 5) is 23.8. The summed E-state index contributed by atoms with van der Waals surface area (Å²) in [7, 11) is 0. The minimum atomic E-state index is -0.370. The minimum Gasteiger partial charge on any atom is -0.465 e. The fourth-order valence-corrected chi connectivity index (χ4v) is 5.36. The number of hydrogen-bond donors (Lipinski definition) is 0. The standard InChI is InChI=1S/C18H22O6/c1-8(19)21-6-12-13-7-22-16-14(13)23-15(12)17(16)24-18(20)11-5-9-2-3-10(11)4-9/h2-3,9-17H,4-7H2,1H3. The molecule has 4 fully saturated rings. The van der Waals surface area contributed by atoms with E-state index in [1.54, 1.807) is 0 Å². The second kappa shape index (κ2) is 5.30. The zero-order valence-electron chi connectivity index (χ0n) is 13.6.